The van der Waals surface area contributed by atoms with Crippen LogP contribution in [0.25, 0.3) is 0 Å². The number of hydrogen-bond acceptors (Lipinski definition) is 4. The van der Waals surface area contributed by atoms with Crippen LogP contribution >= 0.6 is 0 Å². The van der Waals surface area contributed by atoms with Gasteiger partial charge in [0, 0.05) is 12.7 Å². The quantitative estimate of drug-likeness (QED) is 0.835. The molecule has 2 heterocycles. The summed E-state index contributed by atoms with van der Waals surface area (Å²) in [6, 6.07) is 6.04. The molecular formula is C12H15N3O. The van der Waals surface area contributed by atoms with E-state index in [0.29, 0.717) is 0 Å². The van der Waals surface area contributed by atoms with Crippen LogP contribution < -0.4 is 5.32 Å². The molecule has 0 aliphatic carbocycles. The SMILES string of the molecule is CCC(NCc1ccncn1)c1ccco1. The summed E-state index contributed by atoms with van der Waals surface area (Å²) in [7, 11) is 0. The van der Waals surface area contributed by atoms with Crippen LogP contribution in [-0.4, -0.2) is 9.97 Å². The van der Waals surface area contributed by atoms with Crippen molar-refractivity contribution in [3.8, 4) is 0 Å². The zero-order valence-corrected chi connectivity index (χ0v) is 9.26. The molecular weight excluding hydrogens is 202 g/mol. The molecule has 0 radical (unpaired) electrons. The van der Waals surface area contributed by atoms with Crippen molar-refractivity contribution in [1.29, 1.82) is 0 Å². The molecule has 0 bridgehead atoms. The van der Waals surface area contributed by atoms with E-state index in [4.69, 9.17) is 4.42 Å². The molecule has 4 heteroatoms. The molecule has 16 heavy (non-hydrogen) atoms. The van der Waals surface area contributed by atoms with Crippen molar-refractivity contribution in [3.05, 3.63) is 48.4 Å². The molecule has 1 unspecified atom stereocenters. The number of hydrogen-bond donors (Lipinski definition) is 1. The lowest BCUT2D eigenvalue weighted by molar-refractivity contribution is 0.402. The highest BCUT2D eigenvalue weighted by Gasteiger charge is 2.10. The second-order valence-corrected chi connectivity index (χ2v) is 3.56. The minimum absolute atomic E-state index is 0.241. The van der Waals surface area contributed by atoms with Crippen molar-refractivity contribution < 1.29 is 4.42 Å². The van der Waals surface area contributed by atoms with Crippen LogP contribution in [0.4, 0.5) is 0 Å². The first-order chi connectivity index (χ1) is 7.90. The van der Waals surface area contributed by atoms with E-state index in [1.54, 1.807) is 18.8 Å². The van der Waals surface area contributed by atoms with Crippen LogP contribution in [0.2, 0.25) is 0 Å². The van der Waals surface area contributed by atoms with Crippen LogP contribution in [0.5, 0.6) is 0 Å². The van der Waals surface area contributed by atoms with E-state index >= 15 is 0 Å². The predicted molar refractivity (Wildman–Crippen MR) is 60.6 cm³/mol. The van der Waals surface area contributed by atoms with Gasteiger partial charge in [0.15, 0.2) is 0 Å². The summed E-state index contributed by atoms with van der Waals surface area (Å²) in [5.41, 5.74) is 0.986. The Morgan fingerprint density at radius 3 is 3.00 bits per heavy atom. The lowest BCUT2D eigenvalue weighted by atomic mass is 10.1. The zero-order chi connectivity index (χ0) is 11.2. The Bertz CT molecular complexity index is 399. The van der Waals surface area contributed by atoms with E-state index in [-0.39, 0.29) is 6.04 Å². The normalized spacial score (nSPS) is 12.6. The van der Waals surface area contributed by atoms with Gasteiger partial charge in [-0.15, -0.1) is 0 Å². The number of aromatic nitrogens is 2. The van der Waals surface area contributed by atoms with Gasteiger partial charge in [0.05, 0.1) is 18.0 Å². The van der Waals surface area contributed by atoms with Gasteiger partial charge in [0.25, 0.3) is 0 Å². The van der Waals surface area contributed by atoms with Gasteiger partial charge in [-0.3, -0.25) is 0 Å². The molecule has 84 valence electrons. The Morgan fingerprint density at radius 1 is 1.44 bits per heavy atom. The van der Waals surface area contributed by atoms with Crippen LogP contribution in [0.3, 0.4) is 0 Å². The average molecular weight is 217 g/mol. The maximum atomic E-state index is 5.38. The Labute approximate surface area is 94.7 Å². The largest absolute Gasteiger partial charge is 0.468 e. The third-order valence-electron chi connectivity index (χ3n) is 2.47. The fraction of sp³-hybridized carbons (Fsp3) is 0.333. The number of nitrogens with zero attached hydrogens (tertiary/aromatic N) is 2. The summed E-state index contributed by atoms with van der Waals surface area (Å²) in [4.78, 5) is 8.05. The Morgan fingerprint density at radius 2 is 2.38 bits per heavy atom. The first-order valence-electron chi connectivity index (χ1n) is 5.42. The molecule has 0 saturated heterocycles. The Hall–Kier alpha value is -1.68. The molecule has 0 aliphatic rings. The van der Waals surface area contributed by atoms with Gasteiger partial charge in [0.1, 0.15) is 12.1 Å². The van der Waals surface area contributed by atoms with Gasteiger partial charge >= 0.3 is 0 Å². The second-order valence-electron chi connectivity index (χ2n) is 3.56. The maximum absolute atomic E-state index is 5.38. The van der Waals surface area contributed by atoms with Gasteiger partial charge < -0.3 is 9.73 Å². The van der Waals surface area contributed by atoms with E-state index in [1.165, 1.54) is 0 Å². The number of furan rings is 1. The fourth-order valence-electron chi connectivity index (χ4n) is 1.59. The van der Waals surface area contributed by atoms with Crippen LogP contribution in [0.15, 0.2) is 41.4 Å². The smallest absolute Gasteiger partial charge is 0.120 e. The van der Waals surface area contributed by atoms with Crippen LogP contribution in [-0.2, 0) is 6.54 Å². The van der Waals surface area contributed by atoms with Gasteiger partial charge in [-0.25, -0.2) is 9.97 Å². The number of rotatable bonds is 5. The lowest BCUT2D eigenvalue weighted by Crippen LogP contribution is -2.20. The lowest BCUT2D eigenvalue weighted by Gasteiger charge is -2.13. The minimum atomic E-state index is 0.241. The highest BCUT2D eigenvalue weighted by Crippen LogP contribution is 2.16. The van der Waals surface area contributed by atoms with Crippen LogP contribution in [0, 0.1) is 0 Å². The van der Waals surface area contributed by atoms with E-state index in [2.05, 4.69) is 22.2 Å². The maximum Gasteiger partial charge on any atom is 0.120 e. The Balaban J connectivity index is 1.94. The highest BCUT2D eigenvalue weighted by molar-refractivity contribution is 5.05. The summed E-state index contributed by atoms with van der Waals surface area (Å²) in [6.07, 6.45) is 5.99. The molecule has 2 aromatic heterocycles. The van der Waals surface area contributed by atoms with Crippen molar-refractivity contribution in [1.82, 2.24) is 15.3 Å². The molecule has 1 atom stereocenters. The first-order valence-corrected chi connectivity index (χ1v) is 5.42. The highest BCUT2D eigenvalue weighted by atomic mass is 16.3. The zero-order valence-electron chi connectivity index (χ0n) is 9.26. The molecule has 4 nitrogen and oxygen atoms in total. The monoisotopic (exact) mass is 217 g/mol. The fourth-order valence-corrected chi connectivity index (χ4v) is 1.59. The van der Waals surface area contributed by atoms with E-state index in [9.17, 15) is 0 Å². The molecule has 0 fully saturated rings. The summed E-state index contributed by atoms with van der Waals surface area (Å²) in [5, 5.41) is 3.40. The van der Waals surface area contributed by atoms with Crippen molar-refractivity contribution in [3.63, 3.8) is 0 Å². The van der Waals surface area contributed by atoms with Gasteiger partial charge in [-0.1, -0.05) is 6.92 Å². The van der Waals surface area contributed by atoms with Gasteiger partial charge in [-0.05, 0) is 24.6 Å². The Kier molecular flexibility index (Phi) is 3.66. The molecule has 2 rings (SSSR count). The van der Waals surface area contributed by atoms with E-state index in [0.717, 1.165) is 24.4 Å². The molecule has 0 amide bonds. The van der Waals surface area contributed by atoms with Crippen molar-refractivity contribution in [2.75, 3.05) is 0 Å². The molecule has 0 saturated carbocycles. The van der Waals surface area contributed by atoms with Crippen molar-refractivity contribution in [2.24, 2.45) is 0 Å². The number of nitrogens with one attached hydrogen (secondary N) is 1. The molecule has 0 spiro atoms. The standard InChI is InChI=1S/C12H15N3O/c1-2-11(12-4-3-7-16-12)14-8-10-5-6-13-9-15-10/h3-7,9,11,14H,2,8H2,1H3. The van der Waals surface area contributed by atoms with Gasteiger partial charge in [0.2, 0.25) is 0 Å². The molecule has 0 aliphatic heterocycles. The summed E-state index contributed by atoms with van der Waals surface area (Å²) in [5.74, 6) is 0.969. The van der Waals surface area contributed by atoms with Crippen molar-refractivity contribution in [2.45, 2.75) is 25.9 Å². The van der Waals surface area contributed by atoms with E-state index < -0.39 is 0 Å². The third kappa shape index (κ3) is 2.67. The van der Waals surface area contributed by atoms with E-state index in [1.807, 2.05) is 18.2 Å². The summed E-state index contributed by atoms with van der Waals surface area (Å²) >= 11 is 0. The molecule has 2 aromatic rings. The second kappa shape index (κ2) is 5.42. The summed E-state index contributed by atoms with van der Waals surface area (Å²) < 4.78 is 5.38. The average Bonchev–Trinajstić information content (AvgIpc) is 2.85. The van der Waals surface area contributed by atoms with Gasteiger partial charge in [-0.2, -0.15) is 0 Å². The molecule has 0 aromatic carbocycles. The predicted octanol–water partition coefficient (Wildman–Crippen LogP) is 2.31. The first kappa shape index (κ1) is 10.8. The summed E-state index contributed by atoms with van der Waals surface area (Å²) in [6.45, 7) is 2.85. The third-order valence-corrected chi connectivity index (χ3v) is 2.47. The molecule has 1 N–H and O–H groups in total. The van der Waals surface area contributed by atoms with Crippen LogP contribution in [0.1, 0.15) is 30.8 Å². The topological polar surface area (TPSA) is 51.0 Å². The minimum Gasteiger partial charge on any atom is -0.468 e. The van der Waals surface area contributed by atoms with Crippen molar-refractivity contribution >= 4 is 0 Å².